The minimum atomic E-state index is -5.18. The van der Waals surface area contributed by atoms with E-state index in [1.165, 1.54) is 20.8 Å². The molecule has 0 radical (unpaired) electrons. The summed E-state index contributed by atoms with van der Waals surface area (Å²) in [5.41, 5.74) is 1.24. The summed E-state index contributed by atoms with van der Waals surface area (Å²) < 4.78 is 38.2. The highest BCUT2D eigenvalue weighted by Crippen LogP contribution is 2.23. The van der Waals surface area contributed by atoms with Crippen molar-refractivity contribution in [2.24, 2.45) is 17.3 Å². The number of rotatable bonds is 9. The van der Waals surface area contributed by atoms with E-state index >= 15 is 0 Å². The molecule has 0 aliphatic carbocycles. The van der Waals surface area contributed by atoms with Gasteiger partial charge in [-0.15, -0.1) is 0 Å². The Morgan fingerprint density at radius 3 is 2.21 bits per heavy atom. The first-order chi connectivity index (χ1) is 15.1. The quantitative estimate of drug-likeness (QED) is 0.218. The smallest absolute Gasteiger partial charge is 0.356 e. The van der Waals surface area contributed by atoms with Crippen molar-refractivity contribution < 1.29 is 32.3 Å². The van der Waals surface area contributed by atoms with Crippen molar-refractivity contribution in [3.05, 3.63) is 0 Å². The number of hydrogen-bond donors (Lipinski definition) is 4. The predicted octanol–water partition coefficient (Wildman–Crippen LogP) is 0.561. The highest BCUT2D eigenvalue weighted by molar-refractivity contribution is 5.93. The molecule has 0 saturated carbocycles. The van der Waals surface area contributed by atoms with Gasteiger partial charge in [0.25, 0.3) is 5.91 Å². The Kier molecular flexibility index (Phi) is 9.50. The molecule has 10 nitrogen and oxygen atoms in total. The lowest BCUT2D eigenvalue weighted by atomic mass is 9.85. The van der Waals surface area contributed by atoms with Crippen molar-refractivity contribution in [2.45, 2.75) is 65.7 Å². The molecule has 0 bridgehead atoms. The number of nitrogens with one attached hydrogen (secondary N) is 4. The van der Waals surface area contributed by atoms with Gasteiger partial charge in [-0.3, -0.25) is 24.6 Å². The van der Waals surface area contributed by atoms with E-state index in [9.17, 15) is 37.6 Å². The van der Waals surface area contributed by atoms with Gasteiger partial charge < -0.3 is 16.0 Å². The molecule has 33 heavy (non-hydrogen) atoms. The molecule has 2 unspecified atom stereocenters. The molecule has 4 N–H and O–H groups in total. The Balaban J connectivity index is 2.97. The molecule has 4 amide bonds. The van der Waals surface area contributed by atoms with Crippen LogP contribution in [0.25, 0.3) is 0 Å². The maximum atomic E-state index is 12.8. The van der Waals surface area contributed by atoms with Gasteiger partial charge in [-0.1, -0.05) is 34.6 Å². The summed E-state index contributed by atoms with van der Waals surface area (Å²) in [6, 6.07) is -2.78. The van der Waals surface area contributed by atoms with Gasteiger partial charge in [0.15, 0.2) is 6.19 Å². The van der Waals surface area contributed by atoms with Gasteiger partial charge in [-0.05, 0) is 24.2 Å². The molecule has 1 saturated heterocycles. The Morgan fingerprint density at radius 2 is 1.79 bits per heavy atom. The molecule has 186 valence electrons. The lowest BCUT2D eigenvalue weighted by Crippen LogP contribution is -2.60. The van der Waals surface area contributed by atoms with E-state index in [0.717, 1.165) is 5.01 Å². The molecule has 1 rings (SSSR count). The van der Waals surface area contributed by atoms with Crippen LogP contribution in [0, 0.1) is 28.7 Å². The first-order valence-electron chi connectivity index (χ1n) is 10.5. The fourth-order valence-electron chi connectivity index (χ4n) is 3.21. The van der Waals surface area contributed by atoms with Crippen LogP contribution in [-0.2, 0) is 19.2 Å². The van der Waals surface area contributed by atoms with Crippen molar-refractivity contribution >= 4 is 23.6 Å². The summed E-state index contributed by atoms with van der Waals surface area (Å²) in [6.07, 6.45) is -2.82. The minimum Gasteiger partial charge on any atom is -0.356 e. The molecule has 0 aromatic rings. The van der Waals surface area contributed by atoms with Gasteiger partial charge in [0.05, 0.1) is 12.5 Å². The van der Waals surface area contributed by atoms with Crippen LogP contribution in [-0.4, -0.2) is 60.0 Å². The second-order valence-corrected chi connectivity index (χ2v) is 9.42. The Hall–Kier alpha value is -3.04. The number of carbonyl (C=O) groups is 4. The summed E-state index contributed by atoms with van der Waals surface area (Å²) in [4.78, 5) is 48.8. The Labute approximate surface area is 190 Å². The first-order valence-corrected chi connectivity index (χ1v) is 10.5. The van der Waals surface area contributed by atoms with Crippen LogP contribution in [0.4, 0.5) is 13.2 Å². The zero-order chi connectivity index (χ0) is 25.6. The van der Waals surface area contributed by atoms with Gasteiger partial charge in [-0.25, -0.2) is 5.01 Å². The fourth-order valence-corrected chi connectivity index (χ4v) is 3.21. The first kappa shape index (κ1) is 28.0. The number of hydrazine groups is 1. The minimum absolute atomic E-state index is 0.0668. The molecule has 0 spiro atoms. The van der Waals surface area contributed by atoms with Crippen LogP contribution >= 0.6 is 0 Å². The standard InChI is InChI=1S/C20H31F3N6O4/c1-11(2)8-13(16(31)28-29(10-24)9-12-6-7-25-15(12)30)26-17(32)14(19(3,4)5)27-18(33)20(21,22)23/h11-14H,6-9H2,1-5H3,(H,25,30)(H,26,32)(H,27,33)(H,28,31)/t12?,13-,14?/m0/s1. The molecule has 0 aromatic heterocycles. The maximum absolute atomic E-state index is 12.8. The average molecular weight is 477 g/mol. The lowest BCUT2D eigenvalue weighted by molar-refractivity contribution is -0.175. The van der Waals surface area contributed by atoms with Gasteiger partial charge in [0, 0.05) is 6.54 Å². The van der Waals surface area contributed by atoms with E-state index in [0.29, 0.717) is 13.0 Å². The summed E-state index contributed by atoms with van der Waals surface area (Å²) >= 11 is 0. The second kappa shape index (κ2) is 11.2. The molecule has 0 aromatic carbocycles. The number of halogens is 3. The Morgan fingerprint density at radius 1 is 1.18 bits per heavy atom. The third-order valence-electron chi connectivity index (χ3n) is 4.93. The zero-order valence-corrected chi connectivity index (χ0v) is 19.3. The third-order valence-corrected chi connectivity index (χ3v) is 4.93. The van der Waals surface area contributed by atoms with Crippen molar-refractivity contribution in [3.8, 4) is 6.19 Å². The normalized spacial score (nSPS) is 18.1. The van der Waals surface area contributed by atoms with Crippen molar-refractivity contribution in [1.82, 2.24) is 26.4 Å². The SMILES string of the molecule is CC(C)C[C@H](NC(=O)C(NC(=O)C(F)(F)F)C(C)(C)C)C(=O)NN(C#N)CC1CCNC1=O. The molecular weight excluding hydrogens is 445 g/mol. The number of hydrogen-bond acceptors (Lipinski definition) is 6. The van der Waals surface area contributed by atoms with E-state index in [2.05, 4.69) is 16.1 Å². The van der Waals surface area contributed by atoms with E-state index < -0.39 is 47.3 Å². The van der Waals surface area contributed by atoms with E-state index in [1.807, 2.05) is 0 Å². The molecule has 1 aliphatic rings. The molecule has 1 aliphatic heterocycles. The zero-order valence-electron chi connectivity index (χ0n) is 19.3. The van der Waals surface area contributed by atoms with E-state index in [4.69, 9.17) is 0 Å². The molecule has 3 atom stereocenters. The van der Waals surface area contributed by atoms with Gasteiger partial charge in [0.2, 0.25) is 11.8 Å². The van der Waals surface area contributed by atoms with Crippen molar-refractivity contribution in [2.75, 3.05) is 13.1 Å². The van der Waals surface area contributed by atoms with Crippen LogP contribution < -0.4 is 21.4 Å². The highest BCUT2D eigenvalue weighted by Gasteiger charge is 2.44. The summed E-state index contributed by atoms with van der Waals surface area (Å²) in [7, 11) is 0. The second-order valence-electron chi connectivity index (χ2n) is 9.42. The molecule has 1 heterocycles. The van der Waals surface area contributed by atoms with Crippen LogP contribution in [0.2, 0.25) is 0 Å². The summed E-state index contributed by atoms with van der Waals surface area (Å²) in [5.74, 6) is -4.86. The number of alkyl halides is 3. The number of carbonyl (C=O) groups excluding carboxylic acids is 4. The van der Waals surface area contributed by atoms with Gasteiger partial charge >= 0.3 is 12.1 Å². The molecule has 1 fully saturated rings. The van der Waals surface area contributed by atoms with Crippen LogP contribution in [0.5, 0.6) is 0 Å². The van der Waals surface area contributed by atoms with Crippen LogP contribution in [0.3, 0.4) is 0 Å². The summed E-state index contributed by atoms with van der Waals surface area (Å²) in [6.45, 7) is 8.33. The topological polar surface area (TPSA) is 143 Å². The molecular formula is C20H31F3N6O4. The van der Waals surface area contributed by atoms with E-state index in [-0.39, 0.29) is 24.8 Å². The highest BCUT2D eigenvalue weighted by atomic mass is 19.4. The lowest BCUT2D eigenvalue weighted by Gasteiger charge is -2.32. The molecule has 13 heteroatoms. The predicted molar refractivity (Wildman–Crippen MR) is 110 cm³/mol. The number of amides is 4. The third kappa shape index (κ3) is 8.78. The van der Waals surface area contributed by atoms with Crippen molar-refractivity contribution in [3.63, 3.8) is 0 Å². The maximum Gasteiger partial charge on any atom is 0.471 e. The largest absolute Gasteiger partial charge is 0.471 e. The average Bonchev–Trinajstić information content (AvgIpc) is 3.06. The monoisotopic (exact) mass is 476 g/mol. The Bertz CT molecular complexity index is 788. The van der Waals surface area contributed by atoms with Gasteiger partial charge in [-0.2, -0.15) is 18.4 Å². The van der Waals surface area contributed by atoms with Crippen LogP contribution in [0.1, 0.15) is 47.5 Å². The van der Waals surface area contributed by atoms with E-state index in [1.54, 1.807) is 25.4 Å². The number of nitriles is 1. The van der Waals surface area contributed by atoms with Crippen LogP contribution in [0.15, 0.2) is 0 Å². The summed E-state index contributed by atoms with van der Waals surface area (Å²) in [5, 5.41) is 16.9. The van der Waals surface area contributed by atoms with Gasteiger partial charge in [0.1, 0.15) is 12.1 Å². The fraction of sp³-hybridized carbons (Fsp3) is 0.750. The van der Waals surface area contributed by atoms with Crippen molar-refractivity contribution in [1.29, 1.82) is 5.26 Å². The number of nitrogens with zero attached hydrogens (tertiary/aromatic N) is 2.